The first-order chi connectivity index (χ1) is 12.7. The van der Waals surface area contributed by atoms with E-state index in [4.69, 9.17) is 38.2 Å². The van der Waals surface area contributed by atoms with E-state index in [1.807, 2.05) is 18.2 Å². The van der Waals surface area contributed by atoms with E-state index in [0.717, 1.165) is 19.5 Å². The Morgan fingerprint density at radius 2 is 1.77 bits per heavy atom. The van der Waals surface area contributed by atoms with Gasteiger partial charge in [0.15, 0.2) is 6.67 Å². The Balaban J connectivity index is 1.46. The summed E-state index contributed by atoms with van der Waals surface area (Å²) in [6, 6.07) is 15.5. The summed E-state index contributed by atoms with van der Waals surface area (Å²) in [4.78, 5) is 6.07. The summed E-state index contributed by atoms with van der Waals surface area (Å²) in [5.74, 6) is 0. The molecule has 0 amide bonds. The van der Waals surface area contributed by atoms with E-state index in [1.165, 1.54) is 5.56 Å². The van der Waals surface area contributed by atoms with Gasteiger partial charge in [-0.1, -0.05) is 65.3 Å². The minimum Gasteiger partial charge on any atom is -0.448 e. The first-order valence-electron chi connectivity index (χ1n) is 8.70. The fourth-order valence-electron chi connectivity index (χ4n) is 2.74. The van der Waals surface area contributed by atoms with Crippen molar-refractivity contribution >= 4 is 28.9 Å². The zero-order valence-corrected chi connectivity index (χ0v) is 16.0. The van der Waals surface area contributed by atoms with Crippen LogP contribution in [0.5, 0.6) is 0 Å². The van der Waals surface area contributed by atoms with Crippen LogP contribution in [0.4, 0.5) is 5.69 Å². The molecule has 1 fully saturated rings. The lowest BCUT2D eigenvalue weighted by atomic mass is 10.2. The molecule has 1 atom stereocenters. The van der Waals surface area contributed by atoms with E-state index < -0.39 is 0 Å². The lowest BCUT2D eigenvalue weighted by Gasteiger charge is -2.42. The molecule has 1 aliphatic heterocycles. The highest BCUT2D eigenvalue weighted by Crippen LogP contribution is 2.40. The molecule has 1 heterocycles. The van der Waals surface area contributed by atoms with Crippen molar-refractivity contribution in [2.75, 3.05) is 33.0 Å². The summed E-state index contributed by atoms with van der Waals surface area (Å²) in [6.07, 6.45) is 0.790. The van der Waals surface area contributed by atoms with Gasteiger partial charge in [0.05, 0.1) is 13.2 Å². The number of quaternary nitrogens is 1. The minimum atomic E-state index is 0.127. The van der Waals surface area contributed by atoms with Gasteiger partial charge >= 0.3 is 0 Å². The van der Waals surface area contributed by atoms with Crippen LogP contribution in [0, 0.1) is 0 Å². The van der Waals surface area contributed by atoms with Gasteiger partial charge in [-0.3, -0.25) is 5.32 Å². The number of hydroxylamine groups is 2. The normalized spacial score (nSPS) is 19.6. The molecule has 2 aromatic rings. The Hall–Kier alpha value is -1.34. The largest absolute Gasteiger partial charge is 0.448 e. The fourth-order valence-corrected chi connectivity index (χ4v) is 3.21. The molecule has 5 nitrogen and oxygen atoms in total. The Morgan fingerprint density at radius 3 is 2.46 bits per heavy atom. The van der Waals surface area contributed by atoms with Gasteiger partial charge in [-0.2, -0.15) is 0 Å². The van der Waals surface area contributed by atoms with E-state index in [0.29, 0.717) is 42.2 Å². The molecule has 7 heteroatoms. The molecular weight excluding hydrogens is 373 g/mol. The molecular formula is C19H23Cl2N3O2. The fraction of sp³-hybridized carbons (Fsp3) is 0.368. The van der Waals surface area contributed by atoms with Crippen molar-refractivity contribution in [1.29, 1.82) is 0 Å². The van der Waals surface area contributed by atoms with Gasteiger partial charge in [-0.05, 0) is 17.7 Å². The van der Waals surface area contributed by atoms with Crippen molar-refractivity contribution < 1.29 is 14.3 Å². The van der Waals surface area contributed by atoms with E-state index in [9.17, 15) is 0 Å². The molecule has 140 valence electrons. The summed E-state index contributed by atoms with van der Waals surface area (Å²) >= 11 is 12.5. The lowest BCUT2D eigenvalue weighted by Crippen LogP contribution is -2.42. The SMILES string of the molecule is Clc1cccc(Cl)c1[N-][N+]1(OCCCOCc2ccccc2)CCNC1. The van der Waals surface area contributed by atoms with Gasteiger partial charge in [0, 0.05) is 23.1 Å². The van der Waals surface area contributed by atoms with Crippen molar-refractivity contribution in [3.8, 4) is 0 Å². The van der Waals surface area contributed by atoms with Crippen molar-refractivity contribution in [2.24, 2.45) is 0 Å². The van der Waals surface area contributed by atoms with Crippen LogP contribution in [0.25, 0.3) is 5.43 Å². The number of rotatable bonds is 9. The molecule has 1 unspecified atom stereocenters. The topological polar surface area (TPSA) is 44.6 Å². The van der Waals surface area contributed by atoms with E-state index in [2.05, 4.69) is 17.4 Å². The highest BCUT2D eigenvalue weighted by Gasteiger charge is 2.28. The summed E-state index contributed by atoms with van der Waals surface area (Å²) in [7, 11) is 0. The van der Waals surface area contributed by atoms with Crippen LogP contribution < -0.4 is 5.32 Å². The first kappa shape index (κ1) is 19.4. The lowest BCUT2D eigenvalue weighted by molar-refractivity contribution is -1.07. The maximum Gasteiger partial charge on any atom is 0.157 e. The number of nitrogens with zero attached hydrogens (tertiary/aromatic N) is 2. The van der Waals surface area contributed by atoms with Gasteiger partial charge < -0.3 is 10.2 Å². The van der Waals surface area contributed by atoms with Crippen LogP contribution in [0.15, 0.2) is 48.5 Å². The van der Waals surface area contributed by atoms with Crippen LogP contribution in [0.1, 0.15) is 12.0 Å². The average Bonchev–Trinajstić information content (AvgIpc) is 3.11. The second-order valence-corrected chi connectivity index (χ2v) is 6.94. The van der Waals surface area contributed by atoms with Crippen LogP contribution in [0.3, 0.4) is 0 Å². The quantitative estimate of drug-likeness (QED) is 0.488. The molecule has 1 aliphatic rings. The molecule has 1 saturated heterocycles. The Labute approximate surface area is 164 Å². The maximum atomic E-state index is 6.25. The van der Waals surface area contributed by atoms with Crippen molar-refractivity contribution in [3.63, 3.8) is 0 Å². The standard InChI is InChI=1S/C19H23Cl2N3O2/c20-17-8-4-9-18(21)19(17)23-24(11-10-22-15-24)26-13-5-12-25-14-16-6-2-1-3-7-16/h1-4,6-9,22H,5,10-15H2. The number of ether oxygens (including phenoxy) is 1. The third kappa shape index (κ3) is 5.33. The maximum absolute atomic E-state index is 6.25. The second kappa shape index (κ2) is 9.55. The zero-order valence-electron chi connectivity index (χ0n) is 14.5. The summed E-state index contributed by atoms with van der Waals surface area (Å²) in [6.45, 7) is 3.94. The van der Waals surface area contributed by atoms with E-state index in [-0.39, 0.29) is 4.76 Å². The summed E-state index contributed by atoms with van der Waals surface area (Å²) in [5.41, 5.74) is 6.44. The molecule has 0 aromatic heterocycles. The van der Waals surface area contributed by atoms with Crippen molar-refractivity contribution in [1.82, 2.24) is 5.32 Å². The molecule has 26 heavy (non-hydrogen) atoms. The monoisotopic (exact) mass is 395 g/mol. The number of hydrogen-bond donors (Lipinski definition) is 1. The van der Waals surface area contributed by atoms with Gasteiger partial charge in [0.2, 0.25) is 0 Å². The number of benzene rings is 2. The smallest absolute Gasteiger partial charge is 0.157 e. The van der Waals surface area contributed by atoms with Gasteiger partial charge in [0.1, 0.15) is 13.2 Å². The number of hydrogen-bond acceptors (Lipinski definition) is 3. The summed E-state index contributed by atoms with van der Waals surface area (Å²) < 4.78 is 5.83. The van der Waals surface area contributed by atoms with Gasteiger partial charge in [-0.15, -0.1) is 0 Å². The second-order valence-electron chi connectivity index (χ2n) is 6.12. The average molecular weight is 396 g/mol. The molecule has 0 bridgehead atoms. The van der Waals surface area contributed by atoms with Crippen LogP contribution in [-0.2, 0) is 16.2 Å². The van der Waals surface area contributed by atoms with Crippen LogP contribution in [0.2, 0.25) is 10.0 Å². The molecule has 2 aromatic carbocycles. The third-order valence-electron chi connectivity index (χ3n) is 4.09. The zero-order chi connectivity index (χ0) is 18.2. The van der Waals surface area contributed by atoms with E-state index >= 15 is 0 Å². The first-order valence-corrected chi connectivity index (χ1v) is 9.45. The van der Waals surface area contributed by atoms with Crippen molar-refractivity contribution in [2.45, 2.75) is 13.0 Å². The Bertz CT molecular complexity index is 674. The van der Waals surface area contributed by atoms with Crippen molar-refractivity contribution in [3.05, 3.63) is 69.6 Å². The molecule has 1 N–H and O–H groups in total. The molecule has 0 aliphatic carbocycles. The predicted molar refractivity (Wildman–Crippen MR) is 104 cm³/mol. The van der Waals surface area contributed by atoms with Gasteiger partial charge in [-0.25, -0.2) is 9.59 Å². The predicted octanol–water partition coefficient (Wildman–Crippen LogP) is 4.83. The summed E-state index contributed by atoms with van der Waals surface area (Å²) in [5, 5.41) is 4.33. The number of halogens is 2. The van der Waals surface area contributed by atoms with Crippen LogP contribution >= 0.6 is 23.2 Å². The Morgan fingerprint density at radius 1 is 1.00 bits per heavy atom. The Kier molecular flexibility index (Phi) is 7.14. The third-order valence-corrected chi connectivity index (χ3v) is 4.70. The highest BCUT2D eigenvalue weighted by molar-refractivity contribution is 6.39. The van der Waals surface area contributed by atoms with E-state index in [1.54, 1.807) is 18.2 Å². The van der Waals surface area contributed by atoms with Gasteiger partial charge in [0.25, 0.3) is 0 Å². The molecule has 3 rings (SSSR count). The molecule has 0 saturated carbocycles. The molecule has 0 radical (unpaired) electrons. The minimum absolute atomic E-state index is 0.127. The number of nitrogens with one attached hydrogen (secondary N) is 1. The van der Waals surface area contributed by atoms with Crippen LogP contribution in [-0.4, -0.2) is 37.7 Å². The highest BCUT2D eigenvalue weighted by atomic mass is 35.5. The molecule has 0 spiro atoms.